The van der Waals surface area contributed by atoms with Gasteiger partial charge in [-0.1, -0.05) is 6.07 Å². The van der Waals surface area contributed by atoms with Crippen molar-refractivity contribution >= 4 is 0 Å². The number of hydrogen-bond donors (Lipinski definition) is 0. The summed E-state index contributed by atoms with van der Waals surface area (Å²) in [4.78, 5) is 6.77. The third-order valence-electron chi connectivity index (χ3n) is 4.97. The standard InChI is InChI=1S/C19H24N2O3/c1-2-9-20-15(4-1)13-22-14-17-6-7-18-19(24-17)8-10-21(18)12-16-5-3-11-23-16/h1-5,9,11,17-19H,6-8,10,12-14H2/t17-,18-,19-/m0/s1. The van der Waals surface area contributed by atoms with Crippen LogP contribution in [0.5, 0.6) is 0 Å². The number of furan rings is 1. The molecule has 0 radical (unpaired) electrons. The van der Waals surface area contributed by atoms with E-state index in [9.17, 15) is 0 Å². The van der Waals surface area contributed by atoms with E-state index in [1.54, 1.807) is 12.5 Å². The maximum Gasteiger partial charge on any atom is 0.117 e. The zero-order valence-corrected chi connectivity index (χ0v) is 13.8. The normalized spacial score (nSPS) is 27.2. The Labute approximate surface area is 142 Å². The van der Waals surface area contributed by atoms with Crippen LogP contribution in [0.25, 0.3) is 0 Å². The summed E-state index contributed by atoms with van der Waals surface area (Å²) in [6.45, 7) is 3.17. The number of rotatable bonds is 6. The molecule has 3 atom stereocenters. The van der Waals surface area contributed by atoms with Crippen molar-refractivity contribution in [1.82, 2.24) is 9.88 Å². The topological polar surface area (TPSA) is 47.7 Å². The minimum Gasteiger partial charge on any atom is -0.468 e. The molecule has 0 aromatic carbocycles. The van der Waals surface area contributed by atoms with Crippen LogP contribution in [-0.4, -0.2) is 41.3 Å². The Kier molecular flexibility index (Phi) is 4.92. The van der Waals surface area contributed by atoms with E-state index in [0.717, 1.165) is 37.4 Å². The Morgan fingerprint density at radius 1 is 1.17 bits per heavy atom. The summed E-state index contributed by atoms with van der Waals surface area (Å²) in [5, 5.41) is 0. The molecular weight excluding hydrogens is 304 g/mol. The number of aromatic nitrogens is 1. The molecule has 2 aliphatic rings. The number of nitrogens with zero attached hydrogens (tertiary/aromatic N) is 2. The van der Waals surface area contributed by atoms with Crippen LogP contribution in [0.15, 0.2) is 47.2 Å². The van der Waals surface area contributed by atoms with Gasteiger partial charge in [0.05, 0.1) is 43.9 Å². The molecule has 4 rings (SSSR count). The van der Waals surface area contributed by atoms with Gasteiger partial charge in [-0.3, -0.25) is 9.88 Å². The third kappa shape index (κ3) is 3.69. The zero-order chi connectivity index (χ0) is 16.2. The SMILES string of the molecule is c1ccc(COC[C@@H]2CC[C@H]3[C@H](CCN3Cc3ccco3)O2)nc1. The summed E-state index contributed by atoms with van der Waals surface area (Å²) in [7, 11) is 0. The van der Waals surface area contributed by atoms with Crippen LogP contribution in [-0.2, 0) is 22.6 Å². The van der Waals surface area contributed by atoms with Crippen LogP contribution in [0, 0.1) is 0 Å². The van der Waals surface area contributed by atoms with Crippen molar-refractivity contribution in [3.63, 3.8) is 0 Å². The van der Waals surface area contributed by atoms with Gasteiger partial charge in [0.15, 0.2) is 0 Å². The minimum absolute atomic E-state index is 0.207. The lowest BCUT2D eigenvalue weighted by Gasteiger charge is -2.35. The lowest BCUT2D eigenvalue weighted by molar-refractivity contribution is -0.103. The van der Waals surface area contributed by atoms with Gasteiger partial charge < -0.3 is 13.9 Å². The summed E-state index contributed by atoms with van der Waals surface area (Å²) in [5.41, 5.74) is 0.969. The van der Waals surface area contributed by atoms with Gasteiger partial charge in [-0.25, -0.2) is 0 Å². The van der Waals surface area contributed by atoms with E-state index in [1.165, 1.54) is 6.42 Å². The molecule has 0 N–H and O–H groups in total. The predicted octanol–water partition coefficient (Wildman–Crippen LogP) is 3.01. The highest BCUT2D eigenvalue weighted by molar-refractivity contribution is 5.02. The molecule has 0 saturated carbocycles. The number of hydrogen-bond acceptors (Lipinski definition) is 5. The Balaban J connectivity index is 1.23. The highest BCUT2D eigenvalue weighted by atomic mass is 16.5. The van der Waals surface area contributed by atoms with E-state index < -0.39 is 0 Å². The summed E-state index contributed by atoms with van der Waals surface area (Å²) in [5.74, 6) is 1.04. The first-order chi connectivity index (χ1) is 11.9. The molecule has 5 nitrogen and oxygen atoms in total. The van der Waals surface area contributed by atoms with E-state index in [-0.39, 0.29) is 6.10 Å². The molecule has 24 heavy (non-hydrogen) atoms. The second-order valence-electron chi connectivity index (χ2n) is 6.62. The molecule has 0 bridgehead atoms. The van der Waals surface area contributed by atoms with Crippen molar-refractivity contribution < 1.29 is 13.9 Å². The van der Waals surface area contributed by atoms with Crippen LogP contribution in [0.3, 0.4) is 0 Å². The van der Waals surface area contributed by atoms with Crippen LogP contribution in [0.2, 0.25) is 0 Å². The van der Waals surface area contributed by atoms with E-state index in [2.05, 4.69) is 9.88 Å². The largest absolute Gasteiger partial charge is 0.468 e. The fourth-order valence-corrected chi connectivity index (χ4v) is 3.79. The summed E-state index contributed by atoms with van der Waals surface area (Å²) >= 11 is 0. The van der Waals surface area contributed by atoms with E-state index in [1.807, 2.05) is 30.3 Å². The van der Waals surface area contributed by atoms with Crippen LogP contribution in [0.4, 0.5) is 0 Å². The van der Waals surface area contributed by atoms with Gasteiger partial charge in [0, 0.05) is 18.8 Å². The number of pyridine rings is 1. The van der Waals surface area contributed by atoms with Gasteiger partial charge in [0.25, 0.3) is 0 Å². The first-order valence-electron chi connectivity index (χ1n) is 8.78. The Morgan fingerprint density at radius 3 is 3.00 bits per heavy atom. The molecule has 4 heterocycles. The molecule has 128 valence electrons. The smallest absolute Gasteiger partial charge is 0.117 e. The molecule has 2 aromatic heterocycles. The van der Waals surface area contributed by atoms with Crippen molar-refractivity contribution in [1.29, 1.82) is 0 Å². The fraction of sp³-hybridized carbons (Fsp3) is 0.526. The second kappa shape index (κ2) is 7.47. The van der Waals surface area contributed by atoms with Crippen molar-refractivity contribution in [2.24, 2.45) is 0 Å². The molecule has 2 saturated heterocycles. The third-order valence-corrected chi connectivity index (χ3v) is 4.97. The molecule has 5 heteroatoms. The highest BCUT2D eigenvalue weighted by Gasteiger charge is 2.39. The average Bonchev–Trinajstić information content (AvgIpc) is 3.26. The maximum atomic E-state index is 6.28. The maximum absolute atomic E-state index is 6.28. The molecule has 0 spiro atoms. The Morgan fingerprint density at radius 2 is 2.17 bits per heavy atom. The Bertz CT molecular complexity index is 617. The predicted molar refractivity (Wildman–Crippen MR) is 89.3 cm³/mol. The first-order valence-corrected chi connectivity index (χ1v) is 8.78. The fourth-order valence-electron chi connectivity index (χ4n) is 3.79. The van der Waals surface area contributed by atoms with E-state index in [4.69, 9.17) is 13.9 Å². The summed E-state index contributed by atoms with van der Waals surface area (Å²) < 4.78 is 17.6. The van der Waals surface area contributed by atoms with Crippen LogP contribution < -0.4 is 0 Å². The van der Waals surface area contributed by atoms with Crippen molar-refractivity contribution in [2.75, 3.05) is 13.2 Å². The minimum atomic E-state index is 0.207. The van der Waals surface area contributed by atoms with Crippen LogP contribution in [0.1, 0.15) is 30.7 Å². The van der Waals surface area contributed by atoms with E-state index >= 15 is 0 Å². The van der Waals surface area contributed by atoms with Gasteiger partial charge in [0.1, 0.15) is 5.76 Å². The van der Waals surface area contributed by atoms with Gasteiger partial charge >= 0.3 is 0 Å². The van der Waals surface area contributed by atoms with Gasteiger partial charge in [-0.15, -0.1) is 0 Å². The van der Waals surface area contributed by atoms with Crippen molar-refractivity contribution in [3.8, 4) is 0 Å². The summed E-state index contributed by atoms with van der Waals surface area (Å²) in [6, 6.07) is 10.4. The molecule has 0 amide bonds. The van der Waals surface area contributed by atoms with Crippen LogP contribution >= 0.6 is 0 Å². The zero-order valence-electron chi connectivity index (χ0n) is 13.8. The second-order valence-corrected chi connectivity index (χ2v) is 6.62. The van der Waals surface area contributed by atoms with Crippen molar-refractivity contribution in [3.05, 3.63) is 54.2 Å². The molecule has 2 aromatic rings. The molecule has 0 aliphatic carbocycles. The molecule has 0 unspecified atom stereocenters. The highest BCUT2D eigenvalue weighted by Crippen LogP contribution is 2.32. The monoisotopic (exact) mass is 328 g/mol. The number of fused-ring (bicyclic) bond motifs is 1. The number of ether oxygens (including phenoxy) is 2. The molecule has 2 fully saturated rings. The first kappa shape index (κ1) is 15.8. The number of likely N-dealkylation sites (tertiary alicyclic amines) is 1. The van der Waals surface area contributed by atoms with Gasteiger partial charge in [0.2, 0.25) is 0 Å². The summed E-state index contributed by atoms with van der Waals surface area (Å²) in [6.07, 6.45) is 7.40. The lowest BCUT2D eigenvalue weighted by atomic mass is 9.99. The van der Waals surface area contributed by atoms with E-state index in [0.29, 0.717) is 25.4 Å². The molecule has 2 aliphatic heterocycles. The molecular formula is C19H24N2O3. The van der Waals surface area contributed by atoms with Gasteiger partial charge in [-0.05, 0) is 43.5 Å². The quantitative estimate of drug-likeness (QED) is 0.816. The Hall–Kier alpha value is -1.69. The van der Waals surface area contributed by atoms with Gasteiger partial charge in [-0.2, -0.15) is 0 Å². The van der Waals surface area contributed by atoms with Crippen molar-refractivity contribution in [2.45, 2.75) is 50.7 Å². The lowest BCUT2D eigenvalue weighted by Crippen LogP contribution is -2.43. The average molecular weight is 328 g/mol.